The standard InChI is InChI=1S/C29H40N4O3/c1-31(36-2)28(34)27-29(35)33(26-13-6-5-12-25(26)30-27)24-17-21-10-7-11-22(18-24)32(21)23-15-19-8-3-4-9-20(14-19)16-23/h5-6,12-13,19-24H,3-4,7-11,14-18H2,1-2H3/t19?,20?,21-,22+,23?,24?. The van der Waals surface area contributed by atoms with Gasteiger partial charge >= 0.3 is 5.91 Å². The molecule has 0 radical (unpaired) electrons. The summed E-state index contributed by atoms with van der Waals surface area (Å²) in [6, 6.07) is 9.59. The maximum atomic E-state index is 13.8. The molecule has 7 heteroatoms. The molecule has 1 aromatic carbocycles. The number of benzene rings is 1. The summed E-state index contributed by atoms with van der Waals surface area (Å²) in [6.45, 7) is 0. The topological polar surface area (TPSA) is 67.7 Å². The van der Waals surface area contributed by atoms with Crippen LogP contribution in [0.2, 0.25) is 0 Å². The lowest BCUT2D eigenvalue weighted by atomic mass is 9.73. The van der Waals surface area contributed by atoms with Gasteiger partial charge < -0.3 is 4.57 Å². The number of amides is 1. The Morgan fingerprint density at radius 1 is 0.889 bits per heavy atom. The van der Waals surface area contributed by atoms with Gasteiger partial charge in [-0.1, -0.05) is 44.2 Å². The number of rotatable bonds is 4. The van der Waals surface area contributed by atoms with Crippen LogP contribution in [0.1, 0.15) is 93.6 Å². The first kappa shape index (κ1) is 24.1. The third-order valence-corrected chi connectivity index (χ3v) is 9.70. The predicted octanol–water partition coefficient (Wildman–Crippen LogP) is 4.95. The highest BCUT2D eigenvalue weighted by atomic mass is 16.7. The second-order valence-corrected chi connectivity index (χ2v) is 11.8. The Morgan fingerprint density at radius 3 is 2.22 bits per heavy atom. The molecule has 1 aromatic heterocycles. The first-order valence-corrected chi connectivity index (χ1v) is 14.1. The Labute approximate surface area is 213 Å². The fraction of sp³-hybridized carbons (Fsp3) is 0.690. The molecule has 3 heterocycles. The largest absolute Gasteiger partial charge is 0.302 e. The Bertz CT molecular complexity index is 1150. The van der Waals surface area contributed by atoms with Gasteiger partial charge in [0, 0.05) is 31.2 Å². The smallest absolute Gasteiger partial charge is 0.301 e. The highest BCUT2D eigenvalue weighted by Gasteiger charge is 2.45. The minimum Gasteiger partial charge on any atom is -0.302 e. The molecule has 4 fully saturated rings. The quantitative estimate of drug-likeness (QED) is 0.565. The monoisotopic (exact) mass is 492 g/mol. The van der Waals surface area contributed by atoms with E-state index >= 15 is 0 Å². The third-order valence-electron chi connectivity index (χ3n) is 9.70. The number of hydrogen-bond donors (Lipinski definition) is 0. The van der Waals surface area contributed by atoms with Crippen molar-refractivity contribution in [1.29, 1.82) is 0 Å². The summed E-state index contributed by atoms with van der Waals surface area (Å²) in [5.74, 6) is 1.32. The summed E-state index contributed by atoms with van der Waals surface area (Å²) in [6.07, 6.45) is 15.5. The number of carbonyl (C=O) groups excluding carboxylic acids is 1. The van der Waals surface area contributed by atoms with Crippen LogP contribution in [0.5, 0.6) is 0 Å². The van der Waals surface area contributed by atoms with E-state index in [-0.39, 0.29) is 17.3 Å². The second kappa shape index (κ2) is 9.90. The number of hydrogen-bond acceptors (Lipinski definition) is 5. The number of para-hydroxylation sites is 2. The van der Waals surface area contributed by atoms with Gasteiger partial charge in [-0.25, -0.2) is 10.0 Å². The van der Waals surface area contributed by atoms with E-state index in [1.54, 1.807) is 0 Å². The molecule has 2 saturated heterocycles. The SMILES string of the molecule is CON(C)C(=O)c1nc2ccccc2n(C2C[C@H]3CCC[C@@H](C2)N3C2CC3CCCCC(C3)C2)c1=O. The van der Waals surface area contributed by atoms with Gasteiger partial charge in [0.05, 0.1) is 18.1 Å². The molecule has 2 aliphatic heterocycles. The molecule has 0 spiro atoms. The minimum absolute atomic E-state index is 0.0537. The van der Waals surface area contributed by atoms with Gasteiger partial charge in [-0.15, -0.1) is 0 Å². The number of fused-ring (bicyclic) bond motifs is 5. The van der Waals surface area contributed by atoms with Gasteiger partial charge in [0.1, 0.15) is 0 Å². The fourth-order valence-corrected chi connectivity index (χ4v) is 8.19. The second-order valence-electron chi connectivity index (χ2n) is 11.8. The molecule has 3 unspecified atom stereocenters. The highest BCUT2D eigenvalue weighted by molar-refractivity contribution is 5.93. The van der Waals surface area contributed by atoms with Crippen LogP contribution in [0.3, 0.4) is 0 Å². The Hall–Kier alpha value is -2.25. The average molecular weight is 493 g/mol. The van der Waals surface area contributed by atoms with E-state index in [1.807, 2.05) is 28.8 Å². The number of carbonyl (C=O) groups is 1. The number of hydroxylamine groups is 2. The predicted molar refractivity (Wildman–Crippen MR) is 140 cm³/mol. The molecule has 4 aliphatic rings. The van der Waals surface area contributed by atoms with Crippen molar-refractivity contribution in [3.63, 3.8) is 0 Å². The molecule has 36 heavy (non-hydrogen) atoms. The van der Waals surface area contributed by atoms with E-state index in [9.17, 15) is 9.59 Å². The van der Waals surface area contributed by atoms with Gasteiger partial charge in [-0.05, 0) is 68.9 Å². The van der Waals surface area contributed by atoms with Gasteiger partial charge in [0.15, 0.2) is 5.69 Å². The van der Waals surface area contributed by atoms with Crippen molar-refractivity contribution in [2.24, 2.45) is 11.8 Å². The van der Waals surface area contributed by atoms with Gasteiger partial charge in [-0.3, -0.25) is 19.3 Å². The summed E-state index contributed by atoms with van der Waals surface area (Å²) in [5.41, 5.74) is 1.18. The molecule has 5 atom stereocenters. The summed E-state index contributed by atoms with van der Waals surface area (Å²) in [5, 5.41) is 1.09. The molecule has 2 aromatic rings. The molecular formula is C29H40N4O3. The van der Waals surface area contributed by atoms with E-state index in [4.69, 9.17) is 4.84 Å². The Morgan fingerprint density at radius 2 is 1.56 bits per heavy atom. The summed E-state index contributed by atoms with van der Waals surface area (Å²) >= 11 is 0. The van der Waals surface area contributed by atoms with E-state index < -0.39 is 5.91 Å². The minimum atomic E-state index is -0.496. The molecule has 1 amide bonds. The van der Waals surface area contributed by atoms with Crippen molar-refractivity contribution < 1.29 is 9.63 Å². The van der Waals surface area contributed by atoms with Crippen LogP contribution in [0, 0.1) is 11.8 Å². The van der Waals surface area contributed by atoms with Gasteiger partial charge in [0.25, 0.3) is 5.56 Å². The lowest BCUT2D eigenvalue weighted by Crippen LogP contribution is -2.58. The van der Waals surface area contributed by atoms with Gasteiger partial charge in [-0.2, -0.15) is 0 Å². The maximum absolute atomic E-state index is 13.8. The molecular weight excluding hydrogens is 452 g/mol. The van der Waals surface area contributed by atoms with Crippen molar-refractivity contribution in [2.45, 2.75) is 101 Å². The Balaban J connectivity index is 1.34. The molecule has 2 saturated carbocycles. The van der Waals surface area contributed by atoms with Crippen LogP contribution in [0.4, 0.5) is 0 Å². The summed E-state index contributed by atoms with van der Waals surface area (Å²) in [7, 11) is 2.95. The van der Waals surface area contributed by atoms with E-state index in [0.29, 0.717) is 23.6 Å². The van der Waals surface area contributed by atoms with Crippen molar-refractivity contribution in [1.82, 2.24) is 19.5 Å². The van der Waals surface area contributed by atoms with Crippen molar-refractivity contribution in [3.05, 3.63) is 40.3 Å². The Kier molecular flexibility index (Phi) is 6.63. The zero-order chi connectivity index (χ0) is 24.8. The first-order valence-electron chi connectivity index (χ1n) is 14.1. The number of nitrogens with zero attached hydrogens (tertiary/aromatic N) is 4. The van der Waals surface area contributed by atoms with Crippen LogP contribution < -0.4 is 5.56 Å². The lowest BCUT2D eigenvalue weighted by molar-refractivity contribution is -0.0762. The zero-order valence-corrected chi connectivity index (χ0v) is 21.8. The summed E-state index contributed by atoms with van der Waals surface area (Å²) < 4.78 is 1.91. The van der Waals surface area contributed by atoms with Crippen LogP contribution in [-0.2, 0) is 4.84 Å². The van der Waals surface area contributed by atoms with Crippen LogP contribution >= 0.6 is 0 Å². The molecule has 7 nitrogen and oxygen atoms in total. The maximum Gasteiger partial charge on any atom is 0.301 e. The molecule has 2 aliphatic carbocycles. The van der Waals surface area contributed by atoms with Crippen molar-refractivity contribution in [3.8, 4) is 0 Å². The average Bonchev–Trinajstić information content (AvgIpc) is 3.05. The van der Waals surface area contributed by atoms with Crippen LogP contribution in [0.15, 0.2) is 29.1 Å². The van der Waals surface area contributed by atoms with E-state index in [0.717, 1.165) is 35.3 Å². The normalized spacial score (nSPS) is 32.7. The number of piperidine rings is 2. The van der Waals surface area contributed by atoms with Crippen LogP contribution in [0.25, 0.3) is 11.0 Å². The molecule has 194 valence electrons. The first-order chi connectivity index (χ1) is 17.5. The molecule has 4 bridgehead atoms. The number of aromatic nitrogens is 2. The highest BCUT2D eigenvalue weighted by Crippen LogP contribution is 2.46. The van der Waals surface area contributed by atoms with E-state index in [1.165, 1.54) is 78.4 Å². The lowest BCUT2D eigenvalue weighted by Gasteiger charge is -2.54. The zero-order valence-electron chi connectivity index (χ0n) is 21.8. The third kappa shape index (κ3) is 4.28. The fourth-order valence-electron chi connectivity index (χ4n) is 8.19. The summed E-state index contributed by atoms with van der Waals surface area (Å²) in [4.78, 5) is 39.3. The van der Waals surface area contributed by atoms with Crippen LogP contribution in [-0.4, -0.2) is 57.7 Å². The molecule has 0 N–H and O–H groups in total. The van der Waals surface area contributed by atoms with Gasteiger partial charge in [0.2, 0.25) is 0 Å². The van der Waals surface area contributed by atoms with E-state index in [2.05, 4.69) is 9.88 Å². The van der Waals surface area contributed by atoms with Crippen molar-refractivity contribution >= 4 is 16.9 Å². The molecule has 6 rings (SSSR count). The van der Waals surface area contributed by atoms with Crippen molar-refractivity contribution in [2.75, 3.05) is 14.2 Å².